The number of anilines is 1. The lowest BCUT2D eigenvalue weighted by Gasteiger charge is -2.27. The van der Waals surface area contributed by atoms with Gasteiger partial charge in [0.2, 0.25) is 0 Å². The molecular formula is C30H27Cl2N3O5. The Morgan fingerprint density at radius 2 is 2.00 bits per heavy atom. The van der Waals surface area contributed by atoms with Crippen LogP contribution in [0.5, 0.6) is 5.75 Å². The van der Waals surface area contributed by atoms with Crippen LogP contribution < -0.4 is 9.80 Å². The fourth-order valence-electron chi connectivity index (χ4n) is 5.12. The molecule has 1 aliphatic heterocycles. The van der Waals surface area contributed by atoms with Crippen LogP contribution in [0, 0.1) is 6.92 Å². The average Bonchev–Trinajstić information content (AvgIpc) is 3.57. The number of ether oxygens (including phenoxy) is 1. The summed E-state index contributed by atoms with van der Waals surface area (Å²) in [5.41, 5.74) is 4.25. The van der Waals surface area contributed by atoms with E-state index in [1.165, 1.54) is 6.20 Å². The molecule has 6 rings (SSSR count). The third-order valence-corrected chi connectivity index (χ3v) is 8.11. The first-order chi connectivity index (χ1) is 19.2. The highest BCUT2D eigenvalue weighted by Gasteiger charge is 2.39. The van der Waals surface area contributed by atoms with Crippen molar-refractivity contribution in [3.8, 4) is 17.0 Å². The average molecular weight is 580 g/mol. The van der Waals surface area contributed by atoms with E-state index in [2.05, 4.69) is 10.1 Å². The summed E-state index contributed by atoms with van der Waals surface area (Å²) in [5, 5.41) is 16.5. The van der Waals surface area contributed by atoms with Crippen molar-refractivity contribution in [2.45, 2.75) is 51.2 Å². The molecule has 0 spiro atoms. The summed E-state index contributed by atoms with van der Waals surface area (Å²) in [5.74, 6) is 0.766. The van der Waals surface area contributed by atoms with Gasteiger partial charge in [0.25, 0.3) is 0 Å². The summed E-state index contributed by atoms with van der Waals surface area (Å²) >= 11 is 13.3. The third kappa shape index (κ3) is 5.03. The van der Waals surface area contributed by atoms with Gasteiger partial charge in [-0.05, 0) is 56.5 Å². The highest BCUT2D eigenvalue weighted by Crippen LogP contribution is 2.46. The maximum Gasteiger partial charge on any atom is 0.337 e. The van der Waals surface area contributed by atoms with Crippen molar-refractivity contribution >= 4 is 34.9 Å². The van der Waals surface area contributed by atoms with Crippen molar-refractivity contribution in [2.24, 2.45) is 0 Å². The van der Waals surface area contributed by atoms with Crippen LogP contribution in [0.1, 0.15) is 64.9 Å². The number of carboxylic acids is 1. The van der Waals surface area contributed by atoms with Crippen LogP contribution in [0.2, 0.25) is 10.0 Å². The lowest BCUT2D eigenvalue weighted by molar-refractivity contribution is -0.00115. The molecule has 2 aromatic carbocycles. The Labute approximate surface area is 241 Å². The zero-order chi connectivity index (χ0) is 28.0. The third-order valence-electron chi connectivity index (χ3n) is 7.48. The van der Waals surface area contributed by atoms with Gasteiger partial charge in [-0.1, -0.05) is 46.6 Å². The Kier molecular flexibility index (Phi) is 6.94. The molecule has 4 aromatic rings. The number of aryl methyl sites for hydroxylation is 1. The molecular weight excluding hydrogens is 553 g/mol. The van der Waals surface area contributed by atoms with E-state index in [9.17, 15) is 9.90 Å². The van der Waals surface area contributed by atoms with Gasteiger partial charge < -0.3 is 14.4 Å². The highest BCUT2D eigenvalue weighted by atomic mass is 35.5. The number of hydroxylamine groups is 1. The molecule has 206 valence electrons. The second kappa shape index (κ2) is 10.4. The highest BCUT2D eigenvalue weighted by molar-refractivity contribution is 6.33. The topological polar surface area (TPSA) is 97.9 Å². The number of benzene rings is 2. The van der Waals surface area contributed by atoms with Crippen molar-refractivity contribution < 1.29 is 24.0 Å². The molecule has 1 N–H and O–H groups in total. The van der Waals surface area contributed by atoms with Crippen molar-refractivity contribution in [3.63, 3.8) is 0 Å². The number of nitrogens with zero attached hydrogens (tertiary/aromatic N) is 3. The summed E-state index contributed by atoms with van der Waals surface area (Å²) in [4.78, 5) is 21.7. The van der Waals surface area contributed by atoms with Gasteiger partial charge >= 0.3 is 5.97 Å². The molecule has 1 unspecified atom stereocenters. The summed E-state index contributed by atoms with van der Waals surface area (Å²) in [6.45, 7) is 4.78. The van der Waals surface area contributed by atoms with Crippen LogP contribution in [-0.2, 0) is 17.0 Å². The van der Waals surface area contributed by atoms with E-state index in [-0.39, 0.29) is 12.2 Å². The molecule has 3 heterocycles. The van der Waals surface area contributed by atoms with Crippen molar-refractivity contribution in [2.75, 3.05) is 11.6 Å². The number of halogens is 2. The van der Waals surface area contributed by atoms with Crippen LogP contribution in [-0.4, -0.2) is 27.8 Å². The summed E-state index contributed by atoms with van der Waals surface area (Å²) in [6, 6.07) is 12.9. The molecule has 2 fully saturated rings. The van der Waals surface area contributed by atoms with Gasteiger partial charge in [0.1, 0.15) is 29.4 Å². The molecule has 1 saturated carbocycles. The molecule has 0 radical (unpaired) electrons. The van der Waals surface area contributed by atoms with Crippen molar-refractivity contribution in [3.05, 3.63) is 92.9 Å². The molecule has 1 atom stereocenters. The molecule has 2 aromatic heterocycles. The number of carbonyl (C=O) groups is 1. The normalized spacial score (nSPS) is 18.8. The number of aromatic carboxylic acids is 1. The van der Waals surface area contributed by atoms with E-state index >= 15 is 0 Å². The quantitative estimate of drug-likeness (QED) is 0.228. The second-order valence-electron chi connectivity index (χ2n) is 10.4. The van der Waals surface area contributed by atoms with E-state index < -0.39 is 11.6 Å². The van der Waals surface area contributed by atoms with E-state index in [1.54, 1.807) is 23.4 Å². The lowest BCUT2D eigenvalue weighted by Crippen LogP contribution is -2.25. The Morgan fingerprint density at radius 3 is 2.73 bits per heavy atom. The monoisotopic (exact) mass is 579 g/mol. The number of pyridine rings is 1. The maximum absolute atomic E-state index is 11.4. The van der Waals surface area contributed by atoms with Crippen LogP contribution in [0.15, 0.2) is 59.4 Å². The van der Waals surface area contributed by atoms with Gasteiger partial charge in [-0.3, -0.25) is 14.9 Å². The van der Waals surface area contributed by atoms with Crippen LogP contribution in [0.25, 0.3) is 11.3 Å². The molecule has 10 heteroatoms. The fraction of sp³-hybridized carbons (Fsp3) is 0.300. The van der Waals surface area contributed by atoms with Crippen LogP contribution >= 0.6 is 23.2 Å². The second-order valence-corrected chi connectivity index (χ2v) is 11.2. The smallest absolute Gasteiger partial charge is 0.337 e. The number of hydrogen-bond donors (Lipinski definition) is 1. The van der Waals surface area contributed by atoms with Crippen LogP contribution in [0.4, 0.5) is 5.69 Å². The van der Waals surface area contributed by atoms with Crippen LogP contribution in [0.3, 0.4) is 0 Å². The zero-order valence-corrected chi connectivity index (χ0v) is 23.5. The number of rotatable bonds is 8. The first-order valence-corrected chi connectivity index (χ1v) is 13.8. The molecule has 0 amide bonds. The van der Waals surface area contributed by atoms with Gasteiger partial charge in [-0.15, -0.1) is 0 Å². The minimum atomic E-state index is -1.04. The minimum absolute atomic E-state index is 0.0970. The predicted octanol–water partition coefficient (Wildman–Crippen LogP) is 7.56. The Balaban J connectivity index is 1.21. The Morgan fingerprint density at radius 1 is 1.18 bits per heavy atom. The van der Waals surface area contributed by atoms with Gasteiger partial charge in [0, 0.05) is 36.2 Å². The van der Waals surface area contributed by atoms with Crippen molar-refractivity contribution in [1.29, 1.82) is 0 Å². The molecule has 0 bridgehead atoms. The van der Waals surface area contributed by atoms with Gasteiger partial charge in [-0.2, -0.15) is 0 Å². The van der Waals surface area contributed by atoms with E-state index in [1.807, 2.05) is 44.2 Å². The molecule has 2 aliphatic rings. The first-order valence-electron chi connectivity index (χ1n) is 13.1. The van der Waals surface area contributed by atoms with E-state index in [4.69, 9.17) is 37.3 Å². The van der Waals surface area contributed by atoms with E-state index in [0.717, 1.165) is 40.9 Å². The molecule has 1 saturated heterocycles. The predicted molar refractivity (Wildman–Crippen MR) is 151 cm³/mol. The molecule has 1 aliphatic carbocycles. The Hall–Kier alpha value is -3.59. The van der Waals surface area contributed by atoms with E-state index in [0.29, 0.717) is 46.1 Å². The Bertz CT molecular complexity index is 1580. The number of carboxylic acid groups (broad SMARTS) is 1. The SMILES string of the molecule is Cc1cccc(Cl)c1-c1noc(C2CC2)c1COc1ccc(C2(C)CCN(c3cncc(C(=O)O)c3)O2)c(Cl)c1. The summed E-state index contributed by atoms with van der Waals surface area (Å²) in [6.07, 6.45) is 5.67. The largest absolute Gasteiger partial charge is 0.489 e. The molecule has 8 nitrogen and oxygen atoms in total. The number of hydrogen-bond acceptors (Lipinski definition) is 7. The van der Waals surface area contributed by atoms with Crippen molar-refractivity contribution in [1.82, 2.24) is 10.1 Å². The lowest BCUT2D eigenvalue weighted by atomic mass is 9.93. The maximum atomic E-state index is 11.4. The standard InChI is InChI=1S/C30H27Cl2N3O5/c1-17-4-3-5-24(31)26(17)27-22(28(39-34-27)18-6-7-18)16-38-21-8-9-23(25(32)13-21)30(2)10-11-35(40-30)20-12-19(29(36)37)14-33-15-20/h3-5,8-9,12-15,18H,6-7,10-11,16H2,1-2H3,(H,36,37). The van der Waals surface area contributed by atoms with Gasteiger partial charge in [0.05, 0.1) is 33.1 Å². The first kappa shape index (κ1) is 26.6. The molecule has 40 heavy (non-hydrogen) atoms. The van der Waals surface area contributed by atoms with Gasteiger partial charge in [-0.25, -0.2) is 4.79 Å². The number of aromatic nitrogens is 2. The van der Waals surface area contributed by atoms with Gasteiger partial charge in [0.15, 0.2) is 0 Å². The minimum Gasteiger partial charge on any atom is -0.489 e. The zero-order valence-electron chi connectivity index (χ0n) is 22.0. The summed E-state index contributed by atoms with van der Waals surface area (Å²) < 4.78 is 12.0. The summed E-state index contributed by atoms with van der Waals surface area (Å²) in [7, 11) is 0. The fourth-order valence-corrected chi connectivity index (χ4v) is 5.80.